The number of ether oxygens (including phenoxy) is 1. The zero-order valence-electron chi connectivity index (χ0n) is 10.7. The Morgan fingerprint density at radius 1 is 1.41 bits per heavy atom. The number of rotatable bonds is 6. The molecule has 0 saturated carbocycles. The molecular formula is C14H19NO2. The third-order valence-electron chi connectivity index (χ3n) is 2.40. The molecule has 0 saturated heterocycles. The molecule has 1 aromatic rings. The molecule has 0 aromatic heterocycles. The Hall–Kier alpha value is -1.60. The van der Waals surface area contributed by atoms with Gasteiger partial charge in [0.2, 0.25) is 6.08 Å². The summed E-state index contributed by atoms with van der Waals surface area (Å²) in [7, 11) is 0. The maximum Gasteiger partial charge on any atom is 0.234 e. The summed E-state index contributed by atoms with van der Waals surface area (Å²) in [5.41, 5.74) is 2.40. The molecule has 0 aliphatic carbocycles. The molecule has 0 radical (unpaired) electrons. The Labute approximate surface area is 103 Å². The smallest absolute Gasteiger partial charge is 0.234 e. The summed E-state index contributed by atoms with van der Waals surface area (Å²) in [6.45, 7) is 6.63. The van der Waals surface area contributed by atoms with Gasteiger partial charge < -0.3 is 4.74 Å². The van der Waals surface area contributed by atoms with E-state index >= 15 is 0 Å². The maximum atomic E-state index is 9.91. The molecule has 0 unspecified atom stereocenters. The van der Waals surface area contributed by atoms with Crippen molar-refractivity contribution in [1.29, 1.82) is 0 Å². The maximum absolute atomic E-state index is 9.91. The molecular weight excluding hydrogens is 214 g/mol. The van der Waals surface area contributed by atoms with Gasteiger partial charge in [-0.15, -0.1) is 0 Å². The van der Waals surface area contributed by atoms with Gasteiger partial charge in [-0.05, 0) is 50.8 Å². The Bertz CT molecular complexity index is 407. The van der Waals surface area contributed by atoms with Crippen molar-refractivity contribution >= 4 is 6.08 Å². The molecule has 1 rings (SSSR count). The number of isocyanates is 1. The van der Waals surface area contributed by atoms with E-state index in [-0.39, 0.29) is 6.10 Å². The molecule has 0 aliphatic rings. The summed E-state index contributed by atoms with van der Waals surface area (Å²) in [5, 5.41) is 0. The van der Waals surface area contributed by atoms with Gasteiger partial charge in [0.15, 0.2) is 0 Å². The summed E-state index contributed by atoms with van der Waals surface area (Å²) in [4.78, 5) is 13.4. The Kier molecular flexibility index (Phi) is 5.44. The first-order valence-electron chi connectivity index (χ1n) is 5.93. The van der Waals surface area contributed by atoms with E-state index in [0.29, 0.717) is 6.54 Å². The van der Waals surface area contributed by atoms with Crippen molar-refractivity contribution in [2.45, 2.75) is 39.7 Å². The highest BCUT2D eigenvalue weighted by atomic mass is 16.5. The van der Waals surface area contributed by atoms with E-state index in [1.807, 2.05) is 26.8 Å². The number of aryl methyl sites for hydroxylation is 2. The minimum Gasteiger partial charge on any atom is -0.491 e. The van der Waals surface area contributed by atoms with Crippen LogP contribution in [0.5, 0.6) is 5.75 Å². The second-order valence-corrected chi connectivity index (χ2v) is 4.34. The number of aliphatic imine (C=N–C) groups is 1. The highest BCUT2D eigenvalue weighted by molar-refractivity contribution is 5.36. The quantitative estimate of drug-likeness (QED) is 0.430. The predicted octanol–water partition coefficient (Wildman–Crippen LogP) is 3.05. The molecule has 0 aliphatic heterocycles. The lowest BCUT2D eigenvalue weighted by Crippen LogP contribution is -2.06. The Morgan fingerprint density at radius 3 is 2.76 bits per heavy atom. The average Bonchev–Trinajstić information content (AvgIpc) is 2.27. The monoisotopic (exact) mass is 233 g/mol. The van der Waals surface area contributed by atoms with Crippen LogP contribution in [0, 0.1) is 6.92 Å². The number of nitrogens with zero attached hydrogens (tertiary/aromatic N) is 1. The van der Waals surface area contributed by atoms with Crippen LogP contribution in [0.3, 0.4) is 0 Å². The van der Waals surface area contributed by atoms with Gasteiger partial charge in [-0.2, -0.15) is 0 Å². The van der Waals surface area contributed by atoms with Crippen LogP contribution in [0.25, 0.3) is 0 Å². The van der Waals surface area contributed by atoms with Crippen LogP contribution < -0.4 is 4.74 Å². The predicted molar refractivity (Wildman–Crippen MR) is 68.3 cm³/mol. The van der Waals surface area contributed by atoms with Gasteiger partial charge in [0.25, 0.3) is 0 Å². The van der Waals surface area contributed by atoms with Crippen molar-refractivity contribution in [3.05, 3.63) is 29.3 Å². The molecule has 0 heterocycles. The Balaban J connectivity index is 2.58. The van der Waals surface area contributed by atoms with Crippen LogP contribution in [0.2, 0.25) is 0 Å². The SMILES string of the molecule is Cc1cc(CCCN=C=O)ccc1OC(C)C. The molecule has 92 valence electrons. The van der Waals surface area contributed by atoms with Gasteiger partial charge in [-0.25, -0.2) is 9.79 Å². The molecule has 0 atom stereocenters. The number of carbonyl (C=O) groups excluding carboxylic acids is 1. The first kappa shape index (κ1) is 13.5. The van der Waals surface area contributed by atoms with Crippen LogP contribution in [0.15, 0.2) is 23.2 Å². The number of hydrogen-bond acceptors (Lipinski definition) is 3. The van der Waals surface area contributed by atoms with Gasteiger partial charge in [-0.3, -0.25) is 0 Å². The third-order valence-corrected chi connectivity index (χ3v) is 2.40. The van der Waals surface area contributed by atoms with Gasteiger partial charge in [0, 0.05) is 0 Å². The second kappa shape index (κ2) is 6.87. The molecule has 0 amide bonds. The van der Waals surface area contributed by atoms with E-state index in [2.05, 4.69) is 17.1 Å². The highest BCUT2D eigenvalue weighted by Crippen LogP contribution is 2.21. The van der Waals surface area contributed by atoms with Crippen molar-refractivity contribution < 1.29 is 9.53 Å². The van der Waals surface area contributed by atoms with Crippen LogP contribution >= 0.6 is 0 Å². The fraction of sp³-hybridized carbons (Fsp3) is 0.500. The molecule has 17 heavy (non-hydrogen) atoms. The van der Waals surface area contributed by atoms with Gasteiger partial charge in [-0.1, -0.05) is 12.1 Å². The van der Waals surface area contributed by atoms with E-state index in [1.54, 1.807) is 6.08 Å². The van der Waals surface area contributed by atoms with Gasteiger partial charge in [0.05, 0.1) is 12.6 Å². The van der Waals surface area contributed by atoms with E-state index in [9.17, 15) is 4.79 Å². The van der Waals surface area contributed by atoms with Crippen LogP contribution in [0.4, 0.5) is 0 Å². The standard InChI is InChI=1S/C14H19NO2/c1-11(2)17-14-7-6-13(9-12(14)3)5-4-8-15-10-16/h6-7,9,11H,4-5,8H2,1-3H3. The van der Waals surface area contributed by atoms with Crippen LogP contribution in [0.1, 0.15) is 31.4 Å². The summed E-state index contributed by atoms with van der Waals surface area (Å²) < 4.78 is 5.67. The zero-order valence-corrected chi connectivity index (χ0v) is 10.7. The lowest BCUT2D eigenvalue weighted by atomic mass is 10.1. The third kappa shape index (κ3) is 4.83. The van der Waals surface area contributed by atoms with Gasteiger partial charge >= 0.3 is 0 Å². The summed E-state index contributed by atoms with van der Waals surface area (Å²) in [5.74, 6) is 0.940. The summed E-state index contributed by atoms with van der Waals surface area (Å²) in [6, 6.07) is 6.20. The number of hydrogen-bond donors (Lipinski definition) is 0. The van der Waals surface area contributed by atoms with Crippen molar-refractivity contribution in [2.24, 2.45) is 4.99 Å². The average molecular weight is 233 g/mol. The molecule has 3 heteroatoms. The molecule has 0 fully saturated rings. The molecule has 1 aromatic carbocycles. The molecule has 0 spiro atoms. The van der Waals surface area contributed by atoms with Crippen molar-refractivity contribution in [1.82, 2.24) is 0 Å². The van der Waals surface area contributed by atoms with E-state index in [0.717, 1.165) is 24.2 Å². The first-order chi connectivity index (χ1) is 8.13. The topological polar surface area (TPSA) is 38.7 Å². The largest absolute Gasteiger partial charge is 0.491 e. The zero-order chi connectivity index (χ0) is 12.7. The fourth-order valence-electron chi connectivity index (χ4n) is 1.66. The molecule has 3 nitrogen and oxygen atoms in total. The van der Waals surface area contributed by atoms with Crippen LogP contribution in [-0.2, 0) is 11.2 Å². The van der Waals surface area contributed by atoms with Crippen molar-refractivity contribution in [2.75, 3.05) is 6.54 Å². The van der Waals surface area contributed by atoms with Crippen molar-refractivity contribution in [3.8, 4) is 5.75 Å². The van der Waals surface area contributed by atoms with Crippen LogP contribution in [-0.4, -0.2) is 18.7 Å². The normalized spacial score (nSPS) is 10.1. The van der Waals surface area contributed by atoms with Crippen molar-refractivity contribution in [3.63, 3.8) is 0 Å². The number of benzene rings is 1. The summed E-state index contributed by atoms with van der Waals surface area (Å²) in [6.07, 6.45) is 3.55. The minimum absolute atomic E-state index is 0.196. The van der Waals surface area contributed by atoms with E-state index < -0.39 is 0 Å². The lowest BCUT2D eigenvalue weighted by Gasteiger charge is -2.13. The van der Waals surface area contributed by atoms with E-state index in [1.165, 1.54) is 5.56 Å². The first-order valence-corrected chi connectivity index (χ1v) is 5.93. The fourth-order valence-corrected chi connectivity index (χ4v) is 1.66. The van der Waals surface area contributed by atoms with E-state index in [4.69, 9.17) is 4.74 Å². The summed E-state index contributed by atoms with van der Waals surface area (Å²) >= 11 is 0. The van der Waals surface area contributed by atoms with Gasteiger partial charge in [0.1, 0.15) is 5.75 Å². The minimum atomic E-state index is 0.196. The Morgan fingerprint density at radius 2 is 2.18 bits per heavy atom. The highest BCUT2D eigenvalue weighted by Gasteiger charge is 2.03. The molecule has 0 N–H and O–H groups in total. The second-order valence-electron chi connectivity index (χ2n) is 4.34. The molecule has 0 bridgehead atoms. The lowest BCUT2D eigenvalue weighted by molar-refractivity contribution is 0.240.